The van der Waals surface area contributed by atoms with Gasteiger partial charge in [-0.15, -0.1) is 5.10 Å². The number of hydrogen-bond donors (Lipinski definition) is 2. The molecule has 98 valence electrons. The summed E-state index contributed by atoms with van der Waals surface area (Å²) in [6, 6.07) is 0. The highest BCUT2D eigenvalue weighted by Gasteiger charge is 2.19. The number of carboxylic acids is 1. The Morgan fingerprint density at radius 1 is 1.39 bits per heavy atom. The van der Waals surface area contributed by atoms with Gasteiger partial charge in [-0.2, -0.15) is 5.10 Å². The van der Waals surface area contributed by atoms with Crippen molar-refractivity contribution in [2.24, 2.45) is 0 Å². The summed E-state index contributed by atoms with van der Waals surface area (Å²) in [4.78, 5) is 11.4. The maximum Gasteiger partial charge on any atom is 0.339 e. The first kappa shape index (κ1) is 14.6. The summed E-state index contributed by atoms with van der Waals surface area (Å²) in [5.74, 6) is -0.698. The van der Waals surface area contributed by atoms with Crippen LogP contribution in [0.3, 0.4) is 0 Å². The third kappa shape index (κ3) is 3.29. The number of aromatic nitrogens is 2. The van der Waals surface area contributed by atoms with Gasteiger partial charge in [-0.25, -0.2) is 4.79 Å². The third-order valence-electron chi connectivity index (χ3n) is 2.51. The number of carbonyl (C=O) groups is 1. The highest BCUT2D eigenvalue weighted by Crippen LogP contribution is 2.21. The summed E-state index contributed by atoms with van der Waals surface area (Å²) in [6.07, 6.45) is 1.28. The quantitative estimate of drug-likeness (QED) is 0.844. The van der Waals surface area contributed by atoms with Crippen LogP contribution in [-0.2, 0) is 12.8 Å². The Kier molecular flexibility index (Phi) is 5.27. The first-order valence-electron chi connectivity index (χ1n) is 5.70. The molecule has 0 amide bonds. The fraction of sp³-hybridized carbons (Fsp3) is 0.417. The lowest BCUT2D eigenvalue weighted by Crippen LogP contribution is -2.15. The number of carboxylic acid groups (broad SMARTS) is 1. The van der Waals surface area contributed by atoms with Crippen molar-refractivity contribution >= 4 is 27.7 Å². The number of aryl methyl sites for hydroxylation is 1. The lowest BCUT2D eigenvalue weighted by Gasteiger charge is -2.13. The van der Waals surface area contributed by atoms with E-state index in [1.165, 1.54) is 0 Å². The molecular formula is C12H16BrN3O2. The monoisotopic (exact) mass is 313 g/mol. The number of rotatable bonds is 6. The number of anilines is 1. The van der Waals surface area contributed by atoms with Gasteiger partial charge in [0.1, 0.15) is 5.56 Å². The highest BCUT2D eigenvalue weighted by atomic mass is 79.9. The summed E-state index contributed by atoms with van der Waals surface area (Å²) < 4.78 is 0.721. The second-order valence-electron chi connectivity index (χ2n) is 3.73. The topological polar surface area (TPSA) is 75.1 Å². The summed E-state index contributed by atoms with van der Waals surface area (Å²) >= 11 is 3.20. The molecule has 0 bridgehead atoms. The number of hydrogen-bond acceptors (Lipinski definition) is 4. The van der Waals surface area contributed by atoms with Crippen LogP contribution < -0.4 is 5.32 Å². The molecule has 18 heavy (non-hydrogen) atoms. The maximum absolute atomic E-state index is 11.4. The zero-order chi connectivity index (χ0) is 13.7. The zero-order valence-electron chi connectivity index (χ0n) is 10.5. The molecule has 1 heterocycles. The largest absolute Gasteiger partial charge is 0.478 e. The van der Waals surface area contributed by atoms with Crippen molar-refractivity contribution in [1.29, 1.82) is 0 Å². The van der Waals surface area contributed by atoms with Crippen LogP contribution in [0.1, 0.15) is 35.5 Å². The molecular weight excluding hydrogens is 298 g/mol. The number of aromatic carboxylic acids is 1. The van der Waals surface area contributed by atoms with E-state index in [9.17, 15) is 9.90 Å². The SMILES string of the molecule is C=C(Br)CNc1nnc(CC)c(CC)c1C(=O)O. The molecule has 0 saturated carbocycles. The number of halogens is 1. The van der Waals surface area contributed by atoms with Crippen LogP contribution in [0.2, 0.25) is 0 Å². The van der Waals surface area contributed by atoms with Crippen molar-refractivity contribution in [1.82, 2.24) is 10.2 Å². The first-order chi connectivity index (χ1) is 8.51. The normalized spacial score (nSPS) is 10.2. The molecule has 1 rings (SSSR count). The molecule has 0 spiro atoms. The minimum absolute atomic E-state index is 0.207. The Hall–Kier alpha value is -1.43. The third-order valence-corrected chi connectivity index (χ3v) is 2.79. The van der Waals surface area contributed by atoms with Gasteiger partial charge in [0, 0.05) is 11.0 Å². The van der Waals surface area contributed by atoms with Gasteiger partial charge in [0.05, 0.1) is 5.69 Å². The molecule has 0 saturated heterocycles. The van der Waals surface area contributed by atoms with Crippen LogP contribution in [0.4, 0.5) is 5.82 Å². The van der Waals surface area contributed by atoms with E-state index in [4.69, 9.17) is 0 Å². The van der Waals surface area contributed by atoms with E-state index in [2.05, 4.69) is 38.0 Å². The van der Waals surface area contributed by atoms with Crippen molar-refractivity contribution in [2.75, 3.05) is 11.9 Å². The highest BCUT2D eigenvalue weighted by molar-refractivity contribution is 9.11. The Morgan fingerprint density at radius 2 is 2.06 bits per heavy atom. The second-order valence-corrected chi connectivity index (χ2v) is 4.85. The molecule has 0 aromatic carbocycles. The predicted molar refractivity (Wildman–Crippen MR) is 74.3 cm³/mol. The van der Waals surface area contributed by atoms with E-state index >= 15 is 0 Å². The van der Waals surface area contributed by atoms with Crippen molar-refractivity contribution in [3.8, 4) is 0 Å². The van der Waals surface area contributed by atoms with Crippen LogP contribution >= 0.6 is 15.9 Å². The van der Waals surface area contributed by atoms with Gasteiger partial charge in [-0.1, -0.05) is 36.4 Å². The second kappa shape index (κ2) is 6.49. The van der Waals surface area contributed by atoms with Crippen molar-refractivity contribution < 1.29 is 9.90 Å². The van der Waals surface area contributed by atoms with Crippen LogP contribution in [0, 0.1) is 0 Å². The predicted octanol–water partition coefficient (Wildman–Crippen LogP) is 2.62. The van der Waals surface area contributed by atoms with Gasteiger partial charge < -0.3 is 10.4 Å². The van der Waals surface area contributed by atoms with Crippen LogP contribution in [-0.4, -0.2) is 27.8 Å². The van der Waals surface area contributed by atoms with E-state index in [0.29, 0.717) is 19.4 Å². The van der Waals surface area contributed by atoms with Crippen LogP contribution in [0.25, 0.3) is 0 Å². The average molecular weight is 314 g/mol. The van der Waals surface area contributed by atoms with E-state index in [-0.39, 0.29) is 11.4 Å². The van der Waals surface area contributed by atoms with Crippen molar-refractivity contribution in [2.45, 2.75) is 26.7 Å². The molecule has 1 aromatic heterocycles. The molecule has 0 unspecified atom stereocenters. The molecule has 0 aliphatic carbocycles. The van der Waals surface area contributed by atoms with E-state index < -0.39 is 5.97 Å². The fourth-order valence-electron chi connectivity index (χ4n) is 1.71. The summed E-state index contributed by atoms with van der Waals surface area (Å²) in [5, 5.41) is 20.3. The summed E-state index contributed by atoms with van der Waals surface area (Å²) in [6.45, 7) is 7.93. The van der Waals surface area contributed by atoms with Gasteiger partial charge >= 0.3 is 5.97 Å². The first-order valence-corrected chi connectivity index (χ1v) is 6.49. The maximum atomic E-state index is 11.4. The molecule has 0 radical (unpaired) electrons. The van der Waals surface area contributed by atoms with Crippen LogP contribution in [0.5, 0.6) is 0 Å². The molecule has 2 N–H and O–H groups in total. The van der Waals surface area contributed by atoms with Crippen molar-refractivity contribution in [3.63, 3.8) is 0 Å². The van der Waals surface area contributed by atoms with Crippen molar-refractivity contribution in [3.05, 3.63) is 27.9 Å². The van der Waals surface area contributed by atoms with E-state index in [0.717, 1.165) is 15.7 Å². The molecule has 0 atom stereocenters. The minimum Gasteiger partial charge on any atom is -0.478 e. The number of nitrogens with zero attached hydrogens (tertiary/aromatic N) is 2. The average Bonchev–Trinajstić information content (AvgIpc) is 2.34. The molecule has 0 aliphatic heterocycles. The van der Waals surface area contributed by atoms with Gasteiger partial charge in [0.15, 0.2) is 5.82 Å². The lowest BCUT2D eigenvalue weighted by atomic mass is 10.0. The zero-order valence-corrected chi connectivity index (χ0v) is 12.0. The number of nitrogens with one attached hydrogen (secondary N) is 1. The van der Waals surface area contributed by atoms with E-state index in [1.54, 1.807) is 0 Å². The Balaban J connectivity index is 3.25. The van der Waals surface area contributed by atoms with Gasteiger partial charge in [-0.05, 0) is 18.4 Å². The van der Waals surface area contributed by atoms with E-state index in [1.807, 2.05) is 13.8 Å². The lowest BCUT2D eigenvalue weighted by molar-refractivity contribution is 0.0696. The molecule has 6 heteroatoms. The molecule has 0 aliphatic rings. The summed E-state index contributed by atoms with van der Waals surface area (Å²) in [7, 11) is 0. The fourth-order valence-corrected chi connectivity index (χ4v) is 1.85. The van der Waals surface area contributed by atoms with Crippen LogP contribution in [0.15, 0.2) is 11.1 Å². The van der Waals surface area contributed by atoms with Gasteiger partial charge in [-0.3, -0.25) is 0 Å². The Morgan fingerprint density at radius 3 is 2.50 bits per heavy atom. The van der Waals surface area contributed by atoms with Gasteiger partial charge in [0.25, 0.3) is 0 Å². The molecule has 1 aromatic rings. The Bertz CT molecular complexity index is 475. The summed E-state index contributed by atoms with van der Waals surface area (Å²) in [5.41, 5.74) is 1.68. The molecule has 0 fully saturated rings. The minimum atomic E-state index is -0.987. The molecule has 5 nitrogen and oxygen atoms in total. The van der Waals surface area contributed by atoms with Gasteiger partial charge in [0.2, 0.25) is 0 Å². The standard InChI is InChI=1S/C12H16BrN3O2/c1-4-8-9(5-2)15-16-11(10(8)12(17)18)14-6-7(3)13/h3-6H2,1-2H3,(H,14,16)(H,17,18). The Labute approximate surface area is 114 Å². The smallest absolute Gasteiger partial charge is 0.339 e.